The third-order valence-corrected chi connectivity index (χ3v) is 3.57. The van der Waals surface area contributed by atoms with Gasteiger partial charge in [0, 0.05) is 18.0 Å². The molecule has 2 rings (SSSR count). The molecule has 1 aliphatic heterocycles. The number of aryl methyl sites for hydroxylation is 2. The molecule has 0 saturated carbocycles. The number of rotatable bonds is 2. The lowest BCUT2D eigenvalue weighted by molar-refractivity contribution is 0.122. The number of morpholine rings is 1. The lowest BCUT2D eigenvalue weighted by Crippen LogP contribution is -2.36. The van der Waals surface area contributed by atoms with E-state index in [-0.39, 0.29) is 0 Å². The Balaban J connectivity index is 2.14. The van der Waals surface area contributed by atoms with Crippen LogP contribution in [0.15, 0.2) is 0 Å². The van der Waals surface area contributed by atoms with E-state index in [1.54, 1.807) is 11.3 Å². The Kier molecular flexibility index (Phi) is 3.03. The van der Waals surface area contributed by atoms with Crippen molar-refractivity contribution >= 4 is 16.5 Å². The summed E-state index contributed by atoms with van der Waals surface area (Å²) in [6.45, 7) is 7.94. The molecule has 14 heavy (non-hydrogen) atoms. The Morgan fingerprint density at radius 1 is 1.43 bits per heavy atom. The minimum absolute atomic E-state index is 0.833. The molecule has 0 amide bonds. The van der Waals surface area contributed by atoms with Gasteiger partial charge in [0.25, 0.3) is 0 Å². The van der Waals surface area contributed by atoms with Gasteiger partial charge in [-0.05, 0) is 13.3 Å². The van der Waals surface area contributed by atoms with E-state index in [0.29, 0.717) is 0 Å². The van der Waals surface area contributed by atoms with Crippen molar-refractivity contribution in [2.75, 3.05) is 31.2 Å². The van der Waals surface area contributed by atoms with E-state index in [4.69, 9.17) is 4.74 Å². The molecule has 0 N–H and O–H groups in total. The van der Waals surface area contributed by atoms with Crippen LogP contribution >= 0.6 is 11.3 Å². The van der Waals surface area contributed by atoms with Crippen LogP contribution in [0, 0.1) is 6.92 Å². The average Bonchev–Trinajstić information content (AvgIpc) is 2.61. The van der Waals surface area contributed by atoms with Crippen molar-refractivity contribution in [1.82, 2.24) is 4.98 Å². The van der Waals surface area contributed by atoms with Crippen molar-refractivity contribution in [2.45, 2.75) is 20.3 Å². The molecular weight excluding hydrogens is 196 g/mol. The van der Waals surface area contributed by atoms with Crippen LogP contribution in [0.2, 0.25) is 0 Å². The quantitative estimate of drug-likeness (QED) is 0.748. The summed E-state index contributed by atoms with van der Waals surface area (Å²) in [5.74, 6) is 0. The zero-order valence-electron chi connectivity index (χ0n) is 8.75. The zero-order chi connectivity index (χ0) is 9.97. The van der Waals surface area contributed by atoms with Crippen LogP contribution in [0.25, 0.3) is 0 Å². The van der Waals surface area contributed by atoms with Crippen LogP contribution in [0.4, 0.5) is 5.13 Å². The van der Waals surface area contributed by atoms with Gasteiger partial charge in [-0.3, -0.25) is 0 Å². The van der Waals surface area contributed by atoms with Crippen LogP contribution in [0.1, 0.15) is 17.5 Å². The van der Waals surface area contributed by atoms with E-state index >= 15 is 0 Å². The Bertz CT molecular complexity index is 305. The summed E-state index contributed by atoms with van der Waals surface area (Å²) in [6.07, 6.45) is 1.03. The monoisotopic (exact) mass is 212 g/mol. The van der Waals surface area contributed by atoms with Gasteiger partial charge in [-0.2, -0.15) is 0 Å². The second-order valence-corrected chi connectivity index (χ2v) is 4.63. The molecule has 1 saturated heterocycles. The first-order valence-corrected chi connectivity index (χ1v) is 5.92. The molecule has 1 aromatic rings. The summed E-state index contributed by atoms with van der Waals surface area (Å²) < 4.78 is 5.32. The lowest BCUT2D eigenvalue weighted by atomic mass is 10.3. The molecule has 0 aliphatic carbocycles. The van der Waals surface area contributed by atoms with E-state index in [0.717, 1.165) is 32.7 Å². The van der Waals surface area contributed by atoms with Crippen molar-refractivity contribution in [3.63, 3.8) is 0 Å². The van der Waals surface area contributed by atoms with E-state index in [1.807, 2.05) is 0 Å². The molecule has 1 fully saturated rings. The predicted octanol–water partition coefficient (Wildman–Crippen LogP) is 1.85. The smallest absolute Gasteiger partial charge is 0.185 e. The Hall–Kier alpha value is -0.610. The van der Waals surface area contributed by atoms with Gasteiger partial charge < -0.3 is 9.64 Å². The third kappa shape index (κ3) is 1.91. The fraction of sp³-hybridized carbons (Fsp3) is 0.700. The van der Waals surface area contributed by atoms with Gasteiger partial charge in [0.1, 0.15) is 0 Å². The maximum atomic E-state index is 5.32. The number of ether oxygens (including phenoxy) is 1. The number of aromatic nitrogens is 1. The first-order chi connectivity index (χ1) is 6.81. The minimum Gasteiger partial charge on any atom is -0.378 e. The fourth-order valence-corrected chi connectivity index (χ4v) is 2.68. The summed E-state index contributed by atoms with van der Waals surface area (Å²) in [7, 11) is 0. The molecule has 78 valence electrons. The van der Waals surface area contributed by atoms with Crippen LogP contribution in [0.3, 0.4) is 0 Å². The maximum absolute atomic E-state index is 5.32. The Morgan fingerprint density at radius 3 is 2.71 bits per heavy atom. The standard InChI is InChI=1S/C10H16N2OS/c1-3-9-8(2)14-10(11-9)12-4-6-13-7-5-12/h3-7H2,1-2H3. The van der Waals surface area contributed by atoms with Gasteiger partial charge >= 0.3 is 0 Å². The SMILES string of the molecule is CCc1nc(N2CCOCC2)sc1C. The van der Waals surface area contributed by atoms with E-state index < -0.39 is 0 Å². The summed E-state index contributed by atoms with van der Waals surface area (Å²) in [4.78, 5) is 8.32. The van der Waals surface area contributed by atoms with Crippen LogP contribution in [-0.2, 0) is 11.2 Å². The lowest BCUT2D eigenvalue weighted by Gasteiger charge is -2.26. The number of hydrogen-bond acceptors (Lipinski definition) is 4. The van der Waals surface area contributed by atoms with Crippen LogP contribution in [-0.4, -0.2) is 31.3 Å². The summed E-state index contributed by atoms with van der Waals surface area (Å²) in [5.41, 5.74) is 1.25. The first kappa shape index (κ1) is 9.93. The largest absolute Gasteiger partial charge is 0.378 e. The Morgan fingerprint density at radius 2 is 2.14 bits per heavy atom. The highest BCUT2D eigenvalue weighted by atomic mass is 32.1. The summed E-state index contributed by atoms with van der Waals surface area (Å²) in [5, 5.41) is 1.17. The van der Waals surface area contributed by atoms with E-state index in [9.17, 15) is 0 Å². The van der Waals surface area contributed by atoms with Crippen molar-refractivity contribution in [1.29, 1.82) is 0 Å². The third-order valence-electron chi connectivity index (χ3n) is 2.50. The van der Waals surface area contributed by atoms with Gasteiger partial charge in [0.05, 0.1) is 18.9 Å². The van der Waals surface area contributed by atoms with Crippen molar-refractivity contribution < 1.29 is 4.74 Å². The number of nitrogens with zero attached hydrogens (tertiary/aromatic N) is 2. The molecule has 1 aromatic heterocycles. The molecular formula is C10H16N2OS. The van der Waals surface area contributed by atoms with Crippen molar-refractivity contribution in [2.24, 2.45) is 0 Å². The highest BCUT2D eigenvalue weighted by molar-refractivity contribution is 7.15. The molecule has 0 aromatic carbocycles. The van der Waals surface area contributed by atoms with Gasteiger partial charge in [-0.1, -0.05) is 6.92 Å². The second kappa shape index (κ2) is 4.28. The normalized spacial score (nSPS) is 17.4. The molecule has 2 heterocycles. The zero-order valence-corrected chi connectivity index (χ0v) is 9.56. The number of thiazole rings is 1. The van der Waals surface area contributed by atoms with Crippen molar-refractivity contribution in [3.05, 3.63) is 10.6 Å². The molecule has 0 spiro atoms. The van der Waals surface area contributed by atoms with Gasteiger partial charge in [0.2, 0.25) is 0 Å². The predicted molar refractivity (Wildman–Crippen MR) is 59.3 cm³/mol. The molecule has 0 atom stereocenters. The molecule has 1 aliphatic rings. The van der Waals surface area contributed by atoms with E-state index in [2.05, 4.69) is 23.7 Å². The molecule has 4 heteroatoms. The second-order valence-electron chi connectivity index (χ2n) is 3.45. The topological polar surface area (TPSA) is 25.4 Å². The van der Waals surface area contributed by atoms with Crippen molar-refractivity contribution in [3.8, 4) is 0 Å². The minimum atomic E-state index is 0.833. The number of anilines is 1. The summed E-state index contributed by atoms with van der Waals surface area (Å²) >= 11 is 1.80. The molecule has 0 radical (unpaired) electrons. The van der Waals surface area contributed by atoms with Crippen LogP contribution in [0.5, 0.6) is 0 Å². The summed E-state index contributed by atoms with van der Waals surface area (Å²) in [6, 6.07) is 0. The molecule has 3 nitrogen and oxygen atoms in total. The van der Waals surface area contributed by atoms with E-state index in [1.165, 1.54) is 15.7 Å². The fourth-order valence-electron chi connectivity index (χ4n) is 1.63. The molecule has 0 unspecified atom stereocenters. The first-order valence-electron chi connectivity index (χ1n) is 5.10. The van der Waals surface area contributed by atoms with Gasteiger partial charge in [0.15, 0.2) is 5.13 Å². The Labute approximate surface area is 88.7 Å². The molecule has 0 bridgehead atoms. The highest BCUT2D eigenvalue weighted by Gasteiger charge is 2.15. The van der Waals surface area contributed by atoms with Gasteiger partial charge in [-0.15, -0.1) is 11.3 Å². The average molecular weight is 212 g/mol. The maximum Gasteiger partial charge on any atom is 0.185 e. The van der Waals surface area contributed by atoms with Gasteiger partial charge in [-0.25, -0.2) is 4.98 Å². The highest BCUT2D eigenvalue weighted by Crippen LogP contribution is 2.26. The van der Waals surface area contributed by atoms with Crippen LogP contribution < -0.4 is 4.90 Å². The number of hydrogen-bond donors (Lipinski definition) is 0.